The van der Waals surface area contributed by atoms with E-state index in [1.54, 1.807) is 6.07 Å². The number of nitrogens with zero attached hydrogens (tertiary/aromatic N) is 1. The van der Waals surface area contributed by atoms with Crippen LogP contribution in [0, 0.1) is 10.1 Å². The van der Waals surface area contributed by atoms with E-state index in [-0.39, 0.29) is 11.6 Å². The Hall–Kier alpha value is -2.37. The zero-order valence-corrected chi connectivity index (χ0v) is 10.7. The summed E-state index contributed by atoms with van der Waals surface area (Å²) >= 11 is 0. The summed E-state index contributed by atoms with van der Waals surface area (Å²) in [5, 5.41) is 16.8. The molecule has 2 N–H and O–H groups in total. The minimum atomic E-state index is -0.419. The van der Waals surface area contributed by atoms with Crippen LogP contribution < -0.4 is 10.6 Å². The van der Waals surface area contributed by atoms with Crippen molar-refractivity contribution in [3.05, 3.63) is 40.0 Å². The summed E-state index contributed by atoms with van der Waals surface area (Å²) in [5.74, 6) is -0.0628. The first kappa shape index (κ1) is 13.1. The van der Waals surface area contributed by atoms with Gasteiger partial charge in [0.2, 0.25) is 5.91 Å². The van der Waals surface area contributed by atoms with Crippen molar-refractivity contribution in [3.8, 4) is 0 Å². The molecule has 1 aromatic rings. The monoisotopic (exact) mass is 261 g/mol. The van der Waals surface area contributed by atoms with Gasteiger partial charge < -0.3 is 10.6 Å². The van der Waals surface area contributed by atoms with Crippen LogP contribution in [0.5, 0.6) is 0 Å². The summed E-state index contributed by atoms with van der Waals surface area (Å²) in [6.45, 7) is 6.03. The lowest BCUT2D eigenvalue weighted by molar-refractivity contribution is -0.384. The van der Waals surface area contributed by atoms with Crippen molar-refractivity contribution in [3.63, 3.8) is 0 Å². The van der Waals surface area contributed by atoms with Gasteiger partial charge in [-0.25, -0.2) is 0 Å². The van der Waals surface area contributed by atoms with E-state index in [0.717, 1.165) is 11.1 Å². The Kier molecular flexibility index (Phi) is 3.50. The Balaban J connectivity index is 2.39. The second-order valence-corrected chi connectivity index (χ2v) is 4.64. The molecule has 0 saturated heterocycles. The first-order valence-corrected chi connectivity index (χ1v) is 5.97. The van der Waals surface area contributed by atoms with Crippen LogP contribution in [-0.2, 0) is 11.2 Å². The van der Waals surface area contributed by atoms with Crippen molar-refractivity contribution in [2.75, 3.05) is 17.2 Å². The highest BCUT2D eigenvalue weighted by molar-refractivity contribution is 5.95. The molecule has 1 aliphatic rings. The Morgan fingerprint density at radius 3 is 2.89 bits per heavy atom. The van der Waals surface area contributed by atoms with E-state index in [4.69, 9.17) is 0 Å². The highest BCUT2D eigenvalue weighted by Crippen LogP contribution is 2.34. The van der Waals surface area contributed by atoms with E-state index in [9.17, 15) is 14.9 Å². The van der Waals surface area contributed by atoms with Gasteiger partial charge in [-0.15, -0.1) is 0 Å². The lowest BCUT2D eigenvalue weighted by Crippen LogP contribution is -2.19. The number of nitro benzene ring substituents is 1. The molecule has 1 aliphatic heterocycles. The average molecular weight is 261 g/mol. The van der Waals surface area contributed by atoms with Crippen LogP contribution in [-0.4, -0.2) is 17.4 Å². The summed E-state index contributed by atoms with van der Waals surface area (Å²) in [4.78, 5) is 22.0. The Labute approximate surface area is 110 Å². The molecule has 19 heavy (non-hydrogen) atoms. The van der Waals surface area contributed by atoms with E-state index >= 15 is 0 Å². The molecule has 0 atom stereocenters. The Morgan fingerprint density at radius 2 is 2.26 bits per heavy atom. The maximum Gasteiger partial charge on any atom is 0.292 e. The largest absolute Gasteiger partial charge is 0.376 e. The molecule has 0 aromatic heterocycles. The molecular weight excluding hydrogens is 246 g/mol. The highest BCUT2D eigenvalue weighted by atomic mass is 16.6. The molecule has 1 amide bonds. The van der Waals surface area contributed by atoms with Crippen LogP contribution >= 0.6 is 0 Å². The van der Waals surface area contributed by atoms with Gasteiger partial charge in [0.05, 0.1) is 4.92 Å². The first-order valence-electron chi connectivity index (χ1n) is 5.97. The summed E-state index contributed by atoms with van der Waals surface area (Å²) in [5.41, 5.74) is 2.74. The van der Waals surface area contributed by atoms with Crippen LogP contribution in [0.4, 0.5) is 17.1 Å². The quantitative estimate of drug-likeness (QED) is 0.495. The summed E-state index contributed by atoms with van der Waals surface area (Å²) in [7, 11) is 0. The van der Waals surface area contributed by atoms with Crippen molar-refractivity contribution in [2.45, 2.75) is 19.8 Å². The van der Waals surface area contributed by atoms with E-state index in [0.29, 0.717) is 30.8 Å². The standard InChI is InChI=1S/C13H15N3O3/c1-8(2)7-14-11-6-10-9(3-4-13(17)15-10)5-12(11)16(18)19/h5-6,14H,1,3-4,7H2,2H3,(H,15,17). The molecule has 1 heterocycles. The molecule has 100 valence electrons. The predicted molar refractivity (Wildman–Crippen MR) is 73.4 cm³/mol. The number of nitro groups is 1. The number of carbonyl (C=O) groups excluding carboxylic acids is 1. The van der Waals surface area contributed by atoms with Crippen LogP contribution in [0.25, 0.3) is 0 Å². The summed E-state index contributed by atoms with van der Waals surface area (Å²) in [6, 6.07) is 3.14. The average Bonchev–Trinajstić information content (AvgIpc) is 2.34. The topological polar surface area (TPSA) is 84.3 Å². The highest BCUT2D eigenvalue weighted by Gasteiger charge is 2.22. The SMILES string of the molecule is C=C(C)CNc1cc2c(cc1[N+](=O)[O-])CCC(=O)N2. The molecular formula is C13H15N3O3. The molecule has 0 fully saturated rings. The number of benzene rings is 1. The van der Waals surface area contributed by atoms with E-state index in [2.05, 4.69) is 17.2 Å². The number of hydrogen-bond acceptors (Lipinski definition) is 4. The van der Waals surface area contributed by atoms with E-state index < -0.39 is 4.92 Å². The number of fused-ring (bicyclic) bond motifs is 1. The van der Waals surface area contributed by atoms with Gasteiger partial charge in [-0.05, 0) is 25.0 Å². The number of amides is 1. The fourth-order valence-electron chi connectivity index (χ4n) is 1.95. The molecule has 0 bridgehead atoms. The van der Waals surface area contributed by atoms with Gasteiger partial charge in [0, 0.05) is 24.7 Å². The number of hydrogen-bond donors (Lipinski definition) is 2. The van der Waals surface area contributed by atoms with Crippen molar-refractivity contribution in [1.29, 1.82) is 0 Å². The number of rotatable bonds is 4. The number of anilines is 2. The molecule has 2 rings (SSSR count). The van der Waals surface area contributed by atoms with Crippen molar-refractivity contribution in [2.24, 2.45) is 0 Å². The molecule has 6 heteroatoms. The predicted octanol–water partition coefficient (Wildman–Crippen LogP) is 2.47. The Bertz CT molecular complexity index is 566. The zero-order valence-electron chi connectivity index (χ0n) is 10.7. The van der Waals surface area contributed by atoms with Gasteiger partial charge in [0.25, 0.3) is 5.69 Å². The van der Waals surface area contributed by atoms with Gasteiger partial charge in [-0.3, -0.25) is 14.9 Å². The maximum absolute atomic E-state index is 11.3. The fraction of sp³-hybridized carbons (Fsp3) is 0.308. The second kappa shape index (κ2) is 5.09. The van der Waals surface area contributed by atoms with Crippen LogP contribution in [0.3, 0.4) is 0 Å². The second-order valence-electron chi connectivity index (χ2n) is 4.64. The third-order valence-electron chi connectivity index (χ3n) is 2.89. The third kappa shape index (κ3) is 2.90. The lowest BCUT2D eigenvalue weighted by Gasteiger charge is -2.18. The molecule has 0 radical (unpaired) electrons. The molecule has 0 aliphatic carbocycles. The van der Waals surface area contributed by atoms with E-state index in [1.807, 2.05) is 6.92 Å². The van der Waals surface area contributed by atoms with Gasteiger partial charge >= 0.3 is 0 Å². The minimum Gasteiger partial charge on any atom is -0.376 e. The molecule has 0 spiro atoms. The van der Waals surface area contributed by atoms with E-state index in [1.165, 1.54) is 6.07 Å². The molecule has 0 unspecified atom stereocenters. The smallest absolute Gasteiger partial charge is 0.292 e. The first-order chi connectivity index (χ1) is 8.97. The number of carbonyl (C=O) groups is 1. The van der Waals surface area contributed by atoms with Crippen molar-refractivity contribution < 1.29 is 9.72 Å². The van der Waals surface area contributed by atoms with Gasteiger partial charge in [0.15, 0.2) is 0 Å². The fourth-order valence-corrected chi connectivity index (χ4v) is 1.95. The number of aryl methyl sites for hydroxylation is 1. The van der Waals surface area contributed by atoms with Crippen LogP contribution in [0.1, 0.15) is 18.9 Å². The minimum absolute atomic E-state index is 0.0242. The lowest BCUT2D eigenvalue weighted by atomic mass is 10.0. The maximum atomic E-state index is 11.3. The summed E-state index contributed by atoms with van der Waals surface area (Å²) in [6.07, 6.45) is 0.894. The summed E-state index contributed by atoms with van der Waals surface area (Å²) < 4.78 is 0. The zero-order chi connectivity index (χ0) is 14.0. The van der Waals surface area contributed by atoms with Gasteiger partial charge in [0.1, 0.15) is 5.69 Å². The third-order valence-corrected chi connectivity index (χ3v) is 2.89. The normalized spacial score (nSPS) is 13.4. The molecule has 0 saturated carbocycles. The van der Waals surface area contributed by atoms with Gasteiger partial charge in [-0.2, -0.15) is 0 Å². The number of nitrogens with one attached hydrogen (secondary N) is 2. The van der Waals surface area contributed by atoms with Crippen LogP contribution in [0.15, 0.2) is 24.3 Å². The Morgan fingerprint density at radius 1 is 1.53 bits per heavy atom. The molecule has 1 aromatic carbocycles. The molecule has 6 nitrogen and oxygen atoms in total. The van der Waals surface area contributed by atoms with Crippen molar-refractivity contribution >= 4 is 23.0 Å². The van der Waals surface area contributed by atoms with Gasteiger partial charge in [-0.1, -0.05) is 12.2 Å². The van der Waals surface area contributed by atoms with Crippen LogP contribution in [0.2, 0.25) is 0 Å². The van der Waals surface area contributed by atoms with Crippen molar-refractivity contribution in [1.82, 2.24) is 0 Å².